The van der Waals surface area contributed by atoms with Crippen LogP contribution in [0.3, 0.4) is 0 Å². The molecule has 0 saturated heterocycles. The first-order chi connectivity index (χ1) is 9.99. The van der Waals surface area contributed by atoms with E-state index in [9.17, 15) is 9.59 Å². The molecule has 0 saturated carbocycles. The molecule has 0 heterocycles. The molecule has 2 rings (SSSR count). The minimum atomic E-state index is -1.10. The van der Waals surface area contributed by atoms with Crippen molar-refractivity contribution in [2.75, 3.05) is 6.61 Å². The van der Waals surface area contributed by atoms with Gasteiger partial charge in [-0.15, -0.1) is 0 Å². The van der Waals surface area contributed by atoms with Crippen molar-refractivity contribution >= 4 is 23.0 Å². The van der Waals surface area contributed by atoms with Crippen LogP contribution in [0.4, 0.5) is 0 Å². The number of carbonyl (C=O) groups excluding carboxylic acids is 2. The quantitative estimate of drug-likeness (QED) is 0.624. The average molecular weight is 286 g/mol. The van der Waals surface area contributed by atoms with Gasteiger partial charge in [0.25, 0.3) is 0 Å². The first kappa shape index (κ1) is 15.0. The lowest BCUT2D eigenvalue weighted by Gasteiger charge is -2.25. The summed E-state index contributed by atoms with van der Waals surface area (Å²) >= 11 is 0. The molecule has 0 unspecified atom stereocenters. The van der Waals surface area contributed by atoms with Gasteiger partial charge >= 0.3 is 5.97 Å². The third kappa shape index (κ3) is 3.05. The molecule has 0 bridgehead atoms. The summed E-state index contributed by atoms with van der Waals surface area (Å²) in [6.45, 7) is 5.37. The van der Waals surface area contributed by atoms with Crippen LogP contribution < -0.4 is 4.74 Å². The van der Waals surface area contributed by atoms with Gasteiger partial charge < -0.3 is 9.47 Å². The lowest BCUT2D eigenvalue weighted by molar-refractivity contribution is -0.158. The van der Waals surface area contributed by atoms with E-state index < -0.39 is 11.6 Å². The normalized spacial score (nSPS) is 11.2. The van der Waals surface area contributed by atoms with Crippen LogP contribution >= 0.6 is 0 Å². The van der Waals surface area contributed by atoms with Crippen LogP contribution in [0.1, 0.15) is 31.1 Å². The summed E-state index contributed by atoms with van der Waals surface area (Å²) in [6, 6.07) is 10.8. The highest BCUT2D eigenvalue weighted by molar-refractivity contribution is 6.01. The van der Waals surface area contributed by atoms with E-state index in [-0.39, 0.29) is 0 Å². The Labute approximate surface area is 123 Å². The van der Waals surface area contributed by atoms with Crippen LogP contribution in [-0.2, 0) is 9.53 Å². The van der Waals surface area contributed by atoms with Gasteiger partial charge in [0.15, 0.2) is 11.9 Å². The van der Waals surface area contributed by atoms with Crippen molar-refractivity contribution < 1.29 is 19.1 Å². The second kappa shape index (κ2) is 5.95. The minimum Gasteiger partial charge on any atom is -0.476 e. The molecule has 2 aromatic carbocycles. The zero-order valence-corrected chi connectivity index (χ0v) is 12.4. The third-order valence-electron chi connectivity index (χ3n) is 3.18. The van der Waals surface area contributed by atoms with E-state index in [1.165, 1.54) is 0 Å². The number of aldehydes is 1. The summed E-state index contributed by atoms with van der Waals surface area (Å²) < 4.78 is 10.9. The Hall–Kier alpha value is -2.36. The molecule has 0 N–H and O–H groups in total. The molecule has 0 aliphatic carbocycles. The first-order valence-corrected chi connectivity index (χ1v) is 6.82. The molecular weight excluding hydrogens is 268 g/mol. The Bertz CT molecular complexity index is 674. The summed E-state index contributed by atoms with van der Waals surface area (Å²) in [5.41, 5.74) is -0.506. The number of hydrogen-bond acceptors (Lipinski definition) is 4. The van der Waals surface area contributed by atoms with E-state index in [4.69, 9.17) is 9.47 Å². The SMILES string of the molecule is CCOC(=O)C(C)(C)Oc1ccc(C=O)c2ccccc12. The number of carbonyl (C=O) groups is 2. The molecule has 0 aliphatic heterocycles. The lowest BCUT2D eigenvalue weighted by atomic mass is 10.0. The largest absolute Gasteiger partial charge is 0.476 e. The van der Waals surface area contributed by atoms with Crippen LogP contribution in [-0.4, -0.2) is 24.5 Å². The predicted octanol–water partition coefficient (Wildman–Crippen LogP) is 3.37. The Balaban J connectivity index is 2.44. The molecule has 0 amide bonds. The van der Waals surface area contributed by atoms with E-state index in [2.05, 4.69) is 0 Å². The third-order valence-corrected chi connectivity index (χ3v) is 3.18. The smallest absolute Gasteiger partial charge is 0.349 e. The van der Waals surface area contributed by atoms with Crippen LogP contribution in [0.15, 0.2) is 36.4 Å². The van der Waals surface area contributed by atoms with Gasteiger partial charge in [-0.3, -0.25) is 4.79 Å². The van der Waals surface area contributed by atoms with Crippen molar-refractivity contribution in [1.29, 1.82) is 0 Å². The molecule has 4 nitrogen and oxygen atoms in total. The molecule has 21 heavy (non-hydrogen) atoms. The van der Waals surface area contributed by atoms with Crippen molar-refractivity contribution in [3.05, 3.63) is 42.0 Å². The standard InChI is InChI=1S/C17H18O4/c1-4-20-16(19)17(2,3)21-15-10-9-12(11-18)13-7-5-6-8-14(13)15/h5-11H,4H2,1-3H3. The van der Waals surface area contributed by atoms with E-state index in [0.29, 0.717) is 17.9 Å². The van der Waals surface area contributed by atoms with Gasteiger partial charge in [-0.05, 0) is 38.3 Å². The van der Waals surface area contributed by atoms with Gasteiger partial charge in [0.1, 0.15) is 5.75 Å². The molecule has 0 aliphatic rings. The second-order valence-electron chi connectivity index (χ2n) is 5.15. The Kier molecular flexibility index (Phi) is 4.26. The zero-order chi connectivity index (χ0) is 15.5. The molecule has 0 spiro atoms. The summed E-state index contributed by atoms with van der Waals surface area (Å²) in [5, 5.41) is 1.59. The van der Waals surface area contributed by atoms with E-state index in [0.717, 1.165) is 17.1 Å². The molecule has 0 radical (unpaired) electrons. The molecule has 4 heteroatoms. The molecule has 2 aromatic rings. The van der Waals surface area contributed by atoms with Gasteiger partial charge in [-0.25, -0.2) is 4.79 Å². The van der Waals surface area contributed by atoms with E-state index in [1.807, 2.05) is 24.3 Å². The van der Waals surface area contributed by atoms with Crippen molar-refractivity contribution in [2.45, 2.75) is 26.4 Å². The van der Waals surface area contributed by atoms with E-state index in [1.54, 1.807) is 32.9 Å². The van der Waals surface area contributed by atoms with Crippen molar-refractivity contribution in [3.8, 4) is 5.75 Å². The maximum atomic E-state index is 11.9. The highest BCUT2D eigenvalue weighted by Gasteiger charge is 2.32. The van der Waals surface area contributed by atoms with Crippen molar-refractivity contribution in [1.82, 2.24) is 0 Å². The minimum absolute atomic E-state index is 0.302. The number of benzene rings is 2. The van der Waals surface area contributed by atoms with Gasteiger partial charge in [0, 0.05) is 10.9 Å². The predicted molar refractivity (Wildman–Crippen MR) is 80.7 cm³/mol. The fourth-order valence-corrected chi connectivity index (χ4v) is 2.11. The molecule has 110 valence electrons. The van der Waals surface area contributed by atoms with Crippen LogP contribution in [0.5, 0.6) is 5.75 Å². The maximum absolute atomic E-state index is 11.9. The number of hydrogen-bond donors (Lipinski definition) is 0. The van der Waals surface area contributed by atoms with E-state index >= 15 is 0 Å². The summed E-state index contributed by atoms with van der Waals surface area (Å²) in [4.78, 5) is 23.0. The fraction of sp³-hybridized carbons (Fsp3) is 0.294. The number of fused-ring (bicyclic) bond motifs is 1. The second-order valence-corrected chi connectivity index (χ2v) is 5.15. The molecule has 0 aromatic heterocycles. The van der Waals surface area contributed by atoms with Crippen LogP contribution in [0.2, 0.25) is 0 Å². The number of ether oxygens (including phenoxy) is 2. The molecule has 0 atom stereocenters. The molecular formula is C17H18O4. The van der Waals surface area contributed by atoms with Gasteiger partial charge in [-0.1, -0.05) is 24.3 Å². The highest BCUT2D eigenvalue weighted by Crippen LogP contribution is 2.30. The number of esters is 1. The maximum Gasteiger partial charge on any atom is 0.349 e. The monoisotopic (exact) mass is 286 g/mol. The summed E-state index contributed by atoms with van der Waals surface area (Å²) in [6.07, 6.45) is 0.808. The topological polar surface area (TPSA) is 52.6 Å². The average Bonchev–Trinajstić information content (AvgIpc) is 2.47. The van der Waals surface area contributed by atoms with Crippen LogP contribution in [0, 0.1) is 0 Å². The van der Waals surface area contributed by atoms with Gasteiger partial charge in [0.2, 0.25) is 0 Å². The Morgan fingerprint density at radius 3 is 2.43 bits per heavy atom. The van der Waals surface area contributed by atoms with Crippen LogP contribution in [0.25, 0.3) is 10.8 Å². The van der Waals surface area contributed by atoms with Crippen molar-refractivity contribution in [3.63, 3.8) is 0 Å². The zero-order valence-electron chi connectivity index (χ0n) is 12.4. The Morgan fingerprint density at radius 2 is 1.81 bits per heavy atom. The lowest BCUT2D eigenvalue weighted by Crippen LogP contribution is -2.39. The Morgan fingerprint density at radius 1 is 1.14 bits per heavy atom. The van der Waals surface area contributed by atoms with Gasteiger partial charge in [0.05, 0.1) is 6.61 Å². The fourth-order valence-electron chi connectivity index (χ4n) is 2.11. The summed E-state index contributed by atoms with van der Waals surface area (Å²) in [7, 11) is 0. The number of rotatable bonds is 5. The van der Waals surface area contributed by atoms with Crippen molar-refractivity contribution in [2.24, 2.45) is 0 Å². The van der Waals surface area contributed by atoms with Gasteiger partial charge in [-0.2, -0.15) is 0 Å². The summed E-state index contributed by atoms with van der Waals surface area (Å²) in [5.74, 6) is 0.128. The first-order valence-electron chi connectivity index (χ1n) is 6.82. The highest BCUT2D eigenvalue weighted by atomic mass is 16.6. The molecule has 0 fully saturated rings.